The summed E-state index contributed by atoms with van der Waals surface area (Å²) in [5, 5.41) is 21.4. The number of benzene rings is 3. The zero-order valence-electron chi connectivity index (χ0n) is 11.1. The lowest BCUT2D eigenvalue weighted by atomic mass is 10.1. The third-order valence-corrected chi connectivity index (χ3v) is 2.84. The molecule has 0 fully saturated rings. The highest BCUT2D eigenvalue weighted by Gasteiger charge is 2.00. The number of nitro groups is 1. The monoisotopic (exact) mass is 282 g/mol. The molecule has 0 heterocycles. The maximum absolute atomic E-state index is 10.1. The fraction of sp³-hybridized carbons (Fsp3) is 0. The fourth-order valence-corrected chi connectivity index (χ4v) is 1.77. The lowest BCUT2D eigenvalue weighted by molar-refractivity contribution is -0.384. The minimum Gasteiger partial charge on any atom is -0.508 e. The molecule has 0 atom stereocenters. The average molecular weight is 282 g/mol. The smallest absolute Gasteiger partial charge is 0.269 e. The average Bonchev–Trinajstić information content (AvgIpc) is 2.48. The zero-order chi connectivity index (χ0) is 15.2. The molecule has 3 aromatic carbocycles. The summed E-state index contributed by atoms with van der Waals surface area (Å²) < 4.78 is 0. The molecule has 0 bridgehead atoms. The van der Waals surface area contributed by atoms with Crippen molar-refractivity contribution in [1.82, 2.24) is 0 Å². The maximum atomic E-state index is 10.1. The Morgan fingerprint density at radius 1 is 0.905 bits per heavy atom. The summed E-state index contributed by atoms with van der Waals surface area (Å²) in [5.41, 5.74) is 5.90. The van der Waals surface area contributed by atoms with Crippen LogP contribution in [-0.2, 0) is 0 Å². The van der Waals surface area contributed by atoms with Crippen molar-refractivity contribution >= 4 is 22.1 Å². The zero-order valence-corrected chi connectivity index (χ0v) is 11.1. The van der Waals surface area contributed by atoms with Gasteiger partial charge in [-0.2, -0.15) is 0 Å². The highest BCUT2D eigenvalue weighted by atomic mass is 16.6. The first kappa shape index (κ1) is 14.3. The Morgan fingerprint density at radius 2 is 1.52 bits per heavy atom. The second-order valence-corrected chi connectivity index (χ2v) is 4.38. The van der Waals surface area contributed by atoms with Gasteiger partial charge in [0.1, 0.15) is 5.75 Å². The highest BCUT2D eigenvalue weighted by molar-refractivity contribution is 5.83. The number of phenols is 1. The molecule has 106 valence electrons. The van der Waals surface area contributed by atoms with E-state index in [1.807, 2.05) is 30.3 Å². The number of nitrogens with two attached hydrogens (primary N) is 1. The van der Waals surface area contributed by atoms with Gasteiger partial charge in [0.25, 0.3) is 5.69 Å². The largest absolute Gasteiger partial charge is 0.508 e. The van der Waals surface area contributed by atoms with E-state index in [0.717, 1.165) is 10.8 Å². The van der Waals surface area contributed by atoms with Gasteiger partial charge in [-0.1, -0.05) is 30.3 Å². The van der Waals surface area contributed by atoms with E-state index in [9.17, 15) is 10.1 Å². The summed E-state index contributed by atoms with van der Waals surface area (Å²) in [5.74, 6) is 0.323. The minimum atomic E-state index is -0.459. The summed E-state index contributed by atoms with van der Waals surface area (Å²) in [6, 6.07) is 19.0. The summed E-state index contributed by atoms with van der Waals surface area (Å²) >= 11 is 0. The van der Waals surface area contributed by atoms with Gasteiger partial charge in [0.2, 0.25) is 0 Å². The summed E-state index contributed by atoms with van der Waals surface area (Å²) in [4.78, 5) is 9.62. The second kappa shape index (κ2) is 6.38. The van der Waals surface area contributed by atoms with Crippen molar-refractivity contribution in [2.45, 2.75) is 0 Å². The van der Waals surface area contributed by atoms with Crippen molar-refractivity contribution < 1.29 is 10.0 Å². The standard InChI is InChI=1S/C10H8O.C6H6N2O2/c11-10-6-5-8-3-1-2-4-9(8)7-10;7-5-1-3-6(4-2-5)8(9)10/h1-7,11H;1-4H,7H2. The molecule has 5 heteroatoms. The predicted octanol–water partition coefficient (Wildman–Crippen LogP) is 3.72. The lowest BCUT2D eigenvalue weighted by Crippen LogP contribution is -1.88. The van der Waals surface area contributed by atoms with Crippen LogP contribution in [0.15, 0.2) is 66.7 Å². The van der Waals surface area contributed by atoms with E-state index in [1.54, 1.807) is 12.1 Å². The number of phenolic OH excluding ortho intramolecular Hbond substituents is 1. The Labute approximate surface area is 121 Å². The van der Waals surface area contributed by atoms with E-state index < -0.39 is 4.92 Å². The van der Waals surface area contributed by atoms with Crippen LogP contribution in [-0.4, -0.2) is 10.0 Å². The SMILES string of the molecule is Nc1ccc([N+](=O)[O-])cc1.Oc1ccc2ccccc2c1. The Morgan fingerprint density at radius 3 is 2.14 bits per heavy atom. The number of aromatic hydroxyl groups is 1. The van der Waals surface area contributed by atoms with Gasteiger partial charge in [0.15, 0.2) is 0 Å². The molecule has 0 aromatic heterocycles. The molecule has 3 N–H and O–H groups in total. The van der Waals surface area contributed by atoms with Gasteiger partial charge in [-0.3, -0.25) is 10.1 Å². The molecule has 3 aromatic rings. The van der Waals surface area contributed by atoms with Crippen LogP contribution < -0.4 is 5.73 Å². The van der Waals surface area contributed by atoms with Crippen LogP contribution in [0, 0.1) is 10.1 Å². The van der Waals surface area contributed by atoms with Crippen molar-refractivity contribution in [3.63, 3.8) is 0 Å². The van der Waals surface area contributed by atoms with Crippen LogP contribution >= 0.6 is 0 Å². The molecular formula is C16H14N2O3. The van der Waals surface area contributed by atoms with Crippen LogP contribution in [0.3, 0.4) is 0 Å². The van der Waals surface area contributed by atoms with E-state index in [-0.39, 0.29) is 5.69 Å². The minimum absolute atomic E-state index is 0.0641. The van der Waals surface area contributed by atoms with Gasteiger partial charge in [-0.15, -0.1) is 0 Å². The molecule has 0 amide bonds. The van der Waals surface area contributed by atoms with E-state index in [1.165, 1.54) is 24.3 Å². The van der Waals surface area contributed by atoms with E-state index >= 15 is 0 Å². The summed E-state index contributed by atoms with van der Waals surface area (Å²) in [6.07, 6.45) is 0. The van der Waals surface area contributed by atoms with Crippen molar-refractivity contribution in [1.29, 1.82) is 0 Å². The molecule has 0 aliphatic carbocycles. The van der Waals surface area contributed by atoms with Crippen LogP contribution in [0.5, 0.6) is 5.75 Å². The molecule has 0 aliphatic rings. The van der Waals surface area contributed by atoms with Crippen LogP contribution in [0.4, 0.5) is 11.4 Å². The van der Waals surface area contributed by atoms with Crippen molar-refractivity contribution in [3.8, 4) is 5.75 Å². The van der Waals surface area contributed by atoms with Gasteiger partial charge in [-0.05, 0) is 35.0 Å². The Hall–Kier alpha value is -3.08. The number of anilines is 1. The molecule has 3 rings (SSSR count). The van der Waals surface area contributed by atoms with Crippen LogP contribution in [0.2, 0.25) is 0 Å². The van der Waals surface area contributed by atoms with Crippen LogP contribution in [0.25, 0.3) is 10.8 Å². The normalized spacial score (nSPS) is 9.71. The van der Waals surface area contributed by atoms with E-state index in [2.05, 4.69) is 0 Å². The quantitative estimate of drug-likeness (QED) is 0.404. The van der Waals surface area contributed by atoms with Gasteiger partial charge in [0.05, 0.1) is 4.92 Å². The molecule has 21 heavy (non-hydrogen) atoms. The van der Waals surface area contributed by atoms with E-state index in [0.29, 0.717) is 11.4 Å². The van der Waals surface area contributed by atoms with Gasteiger partial charge in [-0.25, -0.2) is 0 Å². The second-order valence-electron chi connectivity index (χ2n) is 4.38. The number of hydrogen-bond donors (Lipinski definition) is 2. The lowest BCUT2D eigenvalue weighted by Gasteiger charge is -1.96. The molecule has 5 nitrogen and oxygen atoms in total. The highest BCUT2D eigenvalue weighted by Crippen LogP contribution is 2.18. The predicted molar refractivity (Wildman–Crippen MR) is 83.1 cm³/mol. The number of hydrogen-bond acceptors (Lipinski definition) is 4. The van der Waals surface area contributed by atoms with Crippen molar-refractivity contribution in [2.24, 2.45) is 0 Å². The van der Waals surface area contributed by atoms with Crippen molar-refractivity contribution in [2.75, 3.05) is 5.73 Å². The van der Waals surface area contributed by atoms with Gasteiger partial charge in [0, 0.05) is 17.8 Å². The number of nitro benzene ring substituents is 1. The van der Waals surface area contributed by atoms with Gasteiger partial charge >= 0.3 is 0 Å². The van der Waals surface area contributed by atoms with E-state index in [4.69, 9.17) is 10.8 Å². The van der Waals surface area contributed by atoms with Crippen LogP contribution in [0.1, 0.15) is 0 Å². The molecule has 0 saturated heterocycles. The number of non-ortho nitro benzene ring substituents is 1. The number of nitrogens with zero attached hydrogens (tertiary/aromatic N) is 1. The fourth-order valence-electron chi connectivity index (χ4n) is 1.77. The van der Waals surface area contributed by atoms with Gasteiger partial charge < -0.3 is 10.8 Å². The Bertz CT molecular complexity index is 755. The molecule has 0 radical (unpaired) electrons. The first-order valence-corrected chi connectivity index (χ1v) is 6.24. The molecule has 0 aliphatic heterocycles. The molecule has 0 saturated carbocycles. The third kappa shape index (κ3) is 3.94. The number of rotatable bonds is 1. The third-order valence-electron chi connectivity index (χ3n) is 2.84. The molecule has 0 unspecified atom stereocenters. The summed E-state index contributed by atoms with van der Waals surface area (Å²) in [6.45, 7) is 0. The summed E-state index contributed by atoms with van der Waals surface area (Å²) in [7, 11) is 0. The first-order valence-electron chi connectivity index (χ1n) is 6.24. The topological polar surface area (TPSA) is 89.4 Å². The number of nitrogen functional groups attached to an aromatic ring is 1. The molecular weight excluding hydrogens is 268 g/mol. The molecule has 0 spiro atoms. The maximum Gasteiger partial charge on any atom is 0.269 e. The Kier molecular flexibility index (Phi) is 4.36. The number of fused-ring (bicyclic) bond motifs is 1. The van der Waals surface area contributed by atoms with Crippen molar-refractivity contribution in [3.05, 3.63) is 76.8 Å². The first-order chi connectivity index (χ1) is 10.1. The Balaban J connectivity index is 0.000000155.